The van der Waals surface area contributed by atoms with E-state index in [2.05, 4.69) is 5.32 Å². The van der Waals surface area contributed by atoms with Crippen LogP contribution < -0.4 is 10.1 Å². The van der Waals surface area contributed by atoms with E-state index in [-0.39, 0.29) is 5.41 Å². The van der Waals surface area contributed by atoms with Crippen LogP contribution >= 0.6 is 11.6 Å². The molecule has 1 amide bonds. The number of alkyl carbamates (subject to hydrolysis) is 1. The summed E-state index contributed by atoms with van der Waals surface area (Å²) < 4.78 is 10.5. The molecule has 3 aliphatic rings. The molecular formula is C19H24ClNO5. The van der Waals surface area contributed by atoms with Crippen LogP contribution in [0.3, 0.4) is 0 Å². The Morgan fingerprint density at radius 2 is 1.88 bits per heavy atom. The monoisotopic (exact) mass is 381 g/mol. The number of ether oxygens (including phenoxy) is 2. The minimum atomic E-state index is -1.03. The number of hydrogen-bond acceptors (Lipinski definition) is 4. The predicted molar refractivity (Wildman–Crippen MR) is 96.8 cm³/mol. The minimum Gasteiger partial charge on any atom is -0.495 e. The molecule has 2 N–H and O–H groups in total. The smallest absolute Gasteiger partial charge is 0.408 e. The lowest BCUT2D eigenvalue weighted by Gasteiger charge is -2.72. The molecule has 4 rings (SSSR count). The zero-order chi connectivity index (χ0) is 19.3. The zero-order valence-electron chi connectivity index (χ0n) is 15.4. The Balaban J connectivity index is 1.71. The van der Waals surface area contributed by atoms with Crippen LogP contribution in [0.5, 0.6) is 5.75 Å². The van der Waals surface area contributed by atoms with Crippen molar-refractivity contribution < 1.29 is 24.2 Å². The standard InChI is InChI=1S/C19H24ClNO5/c1-17(2,3)26-16(24)21-14(15(22)23)19-8-18(9-19,10-19)11-5-6-12(20)13(7-11)25-4/h5-7,14H,8-10H2,1-4H3,(H,21,24)(H,22,23). The molecule has 0 radical (unpaired) electrons. The summed E-state index contributed by atoms with van der Waals surface area (Å²) in [5.41, 5.74) is -0.0493. The summed E-state index contributed by atoms with van der Waals surface area (Å²) in [7, 11) is 1.57. The Hall–Kier alpha value is -1.95. The first kappa shape index (κ1) is 18.8. The largest absolute Gasteiger partial charge is 0.495 e. The predicted octanol–water partition coefficient (Wildman–Crippen LogP) is 3.75. The summed E-state index contributed by atoms with van der Waals surface area (Å²) in [6, 6.07) is 4.73. The number of amides is 1. The summed E-state index contributed by atoms with van der Waals surface area (Å²) in [6.07, 6.45) is 1.42. The average molecular weight is 382 g/mol. The van der Waals surface area contributed by atoms with Crippen molar-refractivity contribution in [2.24, 2.45) is 5.41 Å². The van der Waals surface area contributed by atoms with Crippen LogP contribution in [0, 0.1) is 5.41 Å². The second-order valence-electron chi connectivity index (χ2n) is 8.44. The van der Waals surface area contributed by atoms with E-state index in [9.17, 15) is 14.7 Å². The molecule has 0 saturated heterocycles. The Morgan fingerprint density at radius 1 is 1.27 bits per heavy atom. The fourth-order valence-corrected chi connectivity index (χ4v) is 4.57. The van der Waals surface area contributed by atoms with Gasteiger partial charge in [-0.3, -0.25) is 0 Å². The SMILES string of the molecule is COc1cc(C23CC(C(NC(=O)OC(C)(C)C)C(=O)O)(C2)C3)ccc1Cl. The number of halogens is 1. The Bertz CT molecular complexity index is 735. The molecule has 1 unspecified atom stereocenters. The van der Waals surface area contributed by atoms with Gasteiger partial charge in [-0.25, -0.2) is 9.59 Å². The van der Waals surface area contributed by atoms with Crippen LogP contribution in [0.4, 0.5) is 4.79 Å². The van der Waals surface area contributed by atoms with E-state index >= 15 is 0 Å². The maximum Gasteiger partial charge on any atom is 0.408 e. The van der Waals surface area contributed by atoms with Crippen molar-refractivity contribution in [1.29, 1.82) is 0 Å². The molecule has 6 nitrogen and oxygen atoms in total. The van der Waals surface area contributed by atoms with Gasteiger partial charge in [0.1, 0.15) is 17.4 Å². The van der Waals surface area contributed by atoms with E-state index in [1.54, 1.807) is 33.9 Å². The van der Waals surface area contributed by atoms with Crippen molar-refractivity contribution >= 4 is 23.7 Å². The molecule has 1 atom stereocenters. The van der Waals surface area contributed by atoms with Gasteiger partial charge in [0, 0.05) is 5.41 Å². The number of rotatable bonds is 5. The van der Waals surface area contributed by atoms with Crippen molar-refractivity contribution in [3.8, 4) is 5.75 Å². The molecule has 2 bridgehead atoms. The minimum absolute atomic E-state index is 0.0544. The number of benzene rings is 1. The highest BCUT2D eigenvalue weighted by Crippen LogP contribution is 2.75. The summed E-state index contributed by atoms with van der Waals surface area (Å²) in [5.74, 6) is -0.414. The normalized spacial score (nSPS) is 27.6. The van der Waals surface area contributed by atoms with Crippen LogP contribution in [0.15, 0.2) is 18.2 Å². The van der Waals surface area contributed by atoms with Gasteiger partial charge in [0.2, 0.25) is 0 Å². The maximum atomic E-state index is 12.0. The molecule has 0 aliphatic heterocycles. The number of carbonyl (C=O) groups is 2. The highest BCUT2D eigenvalue weighted by molar-refractivity contribution is 6.32. The zero-order valence-corrected chi connectivity index (χ0v) is 16.1. The first-order chi connectivity index (χ1) is 12.0. The number of methoxy groups -OCH3 is 1. The summed E-state index contributed by atoms with van der Waals surface area (Å²) >= 11 is 6.09. The van der Waals surface area contributed by atoms with Crippen molar-refractivity contribution in [1.82, 2.24) is 5.32 Å². The van der Waals surface area contributed by atoms with Crippen LogP contribution in [0.2, 0.25) is 5.02 Å². The van der Waals surface area contributed by atoms with Crippen LogP contribution in [-0.2, 0) is 14.9 Å². The second kappa shape index (κ2) is 6.05. The van der Waals surface area contributed by atoms with Crippen LogP contribution in [-0.4, -0.2) is 35.9 Å². The molecule has 0 heterocycles. The van der Waals surface area contributed by atoms with E-state index in [1.165, 1.54) is 0 Å². The first-order valence-corrected chi connectivity index (χ1v) is 8.94. The Labute approximate surface area is 157 Å². The second-order valence-corrected chi connectivity index (χ2v) is 8.85. The number of carboxylic acids is 1. The van der Waals surface area contributed by atoms with E-state index in [4.69, 9.17) is 21.1 Å². The lowest BCUT2D eigenvalue weighted by atomic mass is 9.31. The quantitative estimate of drug-likeness (QED) is 0.811. The topological polar surface area (TPSA) is 84.9 Å². The van der Waals surface area contributed by atoms with Gasteiger partial charge in [-0.15, -0.1) is 0 Å². The van der Waals surface area contributed by atoms with Crippen LogP contribution in [0.25, 0.3) is 0 Å². The molecule has 3 saturated carbocycles. The van der Waals surface area contributed by atoms with Gasteiger partial charge >= 0.3 is 12.1 Å². The number of aliphatic carboxylic acids is 1. The highest BCUT2D eigenvalue weighted by Gasteiger charge is 2.72. The van der Waals surface area contributed by atoms with Crippen molar-refractivity contribution in [3.05, 3.63) is 28.8 Å². The lowest BCUT2D eigenvalue weighted by Crippen LogP contribution is -2.73. The molecule has 3 fully saturated rings. The van der Waals surface area contributed by atoms with Crippen molar-refractivity contribution in [3.63, 3.8) is 0 Å². The van der Waals surface area contributed by atoms with Gasteiger partial charge in [0.25, 0.3) is 0 Å². The summed E-state index contributed by atoms with van der Waals surface area (Å²) in [4.78, 5) is 23.8. The molecule has 0 spiro atoms. The summed E-state index contributed by atoms with van der Waals surface area (Å²) in [5, 5.41) is 12.7. The molecule has 142 valence electrons. The number of nitrogens with one attached hydrogen (secondary N) is 1. The third-order valence-corrected chi connectivity index (χ3v) is 5.67. The first-order valence-electron chi connectivity index (χ1n) is 8.57. The van der Waals surface area contributed by atoms with Crippen molar-refractivity contribution in [2.75, 3.05) is 7.11 Å². The van der Waals surface area contributed by atoms with Gasteiger partial charge in [-0.05, 0) is 63.1 Å². The molecular weight excluding hydrogens is 358 g/mol. The van der Waals surface area contributed by atoms with Gasteiger partial charge in [0.05, 0.1) is 12.1 Å². The fraction of sp³-hybridized carbons (Fsp3) is 0.579. The third kappa shape index (κ3) is 3.11. The molecule has 3 aliphatic carbocycles. The average Bonchev–Trinajstić information content (AvgIpc) is 2.42. The van der Waals surface area contributed by atoms with E-state index in [0.29, 0.717) is 30.0 Å². The Morgan fingerprint density at radius 3 is 2.38 bits per heavy atom. The van der Waals surface area contributed by atoms with E-state index in [0.717, 1.165) is 5.56 Å². The van der Waals surface area contributed by atoms with Gasteiger partial charge in [-0.1, -0.05) is 17.7 Å². The van der Waals surface area contributed by atoms with E-state index in [1.807, 2.05) is 12.1 Å². The van der Waals surface area contributed by atoms with E-state index < -0.39 is 29.1 Å². The maximum absolute atomic E-state index is 12.0. The third-order valence-electron chi connectivity index (χ3n) is 5.36. The van der Waals surface area contributed by atoms with Gasteiger partial charge in [-0.2, -0.15) is 0 Å². The molecule has 26 heavy (non-hydrogen) atoms. The number of carboxylic acid groups (broad SMARTS) is 1. The lowest BCUT2D eigenvalue weighted by molar-refractivity contribution is -0.183. The van der Waals surface area contributed by atoms with Gasteiger partial charge < -0.3 is 19.9 Å². The fourth-order valence-electron chi connectivity index (χ4n) is 4.37. The number of hydrogen-bond donors (Lipinski definition) is 2. The van der Waals surface area contributed by atoms with Crippen LogP contribution in [0.1, 0.15) is 45.6 Å². The van der Waals surface area contributed by atoms with Gasteiger partial charge in [0.15, 0.2) is 0 Å². The molecule has 1 aromatic carbocycles. The van der Waals surface area contributed by atoms with Crippen molar-refractivity contribution in [2.45, 2.75) is 57.1 Å². The summed E-state index contributed by atoms with van der Waals surface area (Å²) in [6.45, 7) is 5.23. The molecule has 7 heteroatoms. The Kier molecular flexibility index (Phi) is 4.38. The number of carbonyl (C=O) groups excluding carboxylic acids is 1. The molecule has 1 aromatic rings. The highest BCUT2D eigenvalue weighted by atomic mass is 35.5. The molecule has 0 aromatic heterocycles.